The van der Waals surface area contributed by atoms with E-state index in [2.05, 4.69) is 5.16 Å². The largest absolute Gasteiger partial charge is 0.481 e. The van der Waals surface area contributed by atoms with E-state index in [1.807, 2.05) is 0 Å². The molecule has 1 fully saturated rings. The second kappa shape index (κ2) is 7.05. The Morgan fingerprint density at radius 3 is 2.52 bits per heavy atom. The van der Waals surface area contributed by atoms with Crippen LogP contribution in [0.25, 0.3) is 11.3 Å². The minimum Gasteiger partial charge on any atom is -0.481 e. The maximum absolute atomic E-state index is 12.9. The molecule has 0 spiro atoms. The average molecular weight is 382 g/mol. The van der Waals surface area contributed by atoms with Gasteiger partial charge in [0.25, 0.3) is 5.91 Å². The van der Waals surface area contributed by atoms with Crippen molar-refractivity contribution in [3.63, 3.8) is 0 Å². The molecule has 9 heteroatoms. The predicted molar refractivity (Wildman–Crippen MR) is 87.9 cm³/mol. The fourth-order valence-electron chi connectivity index (χ4n) is 3.16. The standard InChI is InChI=1S/C18H17F3N2O4/c1-10-14(16(24)23-8-2-3-12(9-23)17(25)26)15(22-27-10)11-4-6-13(7-5-11)18(19,20)21/h4-7,12H,2-3,8-9H2,1H3,(H,25,26). The number of carboxylic acids is 1. The molecular weight excluding hydrogens is 365 g/mol. The van der Waals surface area contributed by atoms with E-state index in [0.717, 1.165) is 12.1 Å². The summed E-state index contributed by atoms with van der Waals surface area (Å²) >= 11 is 0. The van der Waals surface area contributed by atoms with E-state index in [-0.39, 0.29) is 23.6 Å². The number of benzene rings is 1. The lowest BCUT2D eigenvalue weighted by atomic mass is 9.96. The number of likely N-dealkylation sites (tertiary alicyclic amines) is 1. The van der Waals surface area contributed by atoms with Gasteiger partial charge in [-0.1, -0.05) is 17.3 Å². The zero-order valence-corrected chi connectivity index (χ0v) is 14.4. The molecular formula is C18H17F3N2O4. The number of halogens is 3. The molecule has 6 nitrogen and oxygen atoms in total. The SMILES string of the molecule is Cc1onc(-c2ccc(C(F)(F)F)cc2)c1C(=O)N1CCCC(C(=O)O)C1. The Morgan fingerprint density at radius 2 is 1.93 bits per heavy atom. The Labute approximate surface area is 152 Å². The maximum atomic E-state index is 12.9. The number of hydrogen-bond acceptors (Lipinski definition) is 4. The van der Waals surface area contributed by atoms with Crippen molar-refractivity contribution in [1.29, 1.82) is 0 Å². The van der Waals surface area contributed by atoms with E-state index in [4.69, 9.17) is 4.52 Å². The van der Waals surface area contributed by atoms with Crippen LogP contribution in [0.2, 0.25) is 0 Å². The molecule has 3 rings (SSSR count). The van der Waals surface area contributed by atoms with Crippen LogP contribution in [0.4, 0.5) is 13.2 Å². The fraction of sp³-hybridized carbons (Fsp3) is 0.389. The van der Waals surface area contributed by atoms with E-state index >= 15 is 0 Å². The molecule has 1 aliphatic rings. The number of alkyl halides is 3. The summed E-state index contributed by atoms with van der Waals surface area (Å²) in [5.41, 5.74) is -0.209. The summed E-state index contributed by atoms with van der Waals surface area (Å²) in [5, 5.41) is 13.0. The van der Waals surface area contributed by atoms with Crippen molar-refractivity contribution in [3.8, 4) is 11.3 Å². The lowest BCUT2D eigenvalue weighted by molar-refractivity contribution is -0.143. The number of aryl methyl sites for hydroxylation is 1. The van der Waals surface area contributed by atoms with Gasteiger partial charge in [0.1, 0.15) is 17.0 Å². The van der Waals surface area contributed by atoms with Crippen molar-refractivity contribution in [2.45, 2.75) is 25.9 Å². The molecule has 1 unspecified atom stereocenters. The maximum Gasteiger partial charge on any atom is 0.416 e. The van der Waals surface area contributed by atoms with Crippen LogP contribution < -0.4 is 0 Å². The van der Waals surface area contributed by atoms with Gasteiger partial charge in [-0.25, -0.2) is 0 Å². The summed E-state index contributed by atoms with van der Waals surface area (Å²) in [4.78, 5) is 25.6. The van der Waals surface area contributed by atoms with Gasteiger partial charge in [0.2, 0.25) is 0 Å². The number of aromatic nitrogens is 1. The van der Waals surface area contributed by atoms with Gasteiger partial charge in [0, 0.05) is 18.7 Å². The van der Waals surface area contributed by atoms with Crippen LogP contribution in [-0.2, 0) is 11.0 Å². The molecule has 0 saturated carbocycles. The molecule has 2 heterocycles. The monoisotopic (exact) mass is 382 g/mol. The highest BCUT2D eigenvalue weighted by Gasteiger charge is 2.33. The third-order valence-corrected chi connectivity index (χ3v) is 4.62. The molecule has 0 radical (unpaired) electrons. The van der Waals surface area contributed by atoms with Crippen LogP contribution in [0.1, 0.15) is 34.5 Å². The molecule has 27 heavy (non-hydrogen) atoms. The molecule has 1 saturated heterocycles. The van der Waals surface area contributed by atoms with Crippen LogP contribution in [0.5, 0.6) is 0 Å². The highest BCUT2D eigenvalue weighted by atomic mass is 19.4. The van der Waals surface area contributed by atoms with Crippen molar-refractivity contribution in [2.75, 3.05) is 13.1 Å². The second-order valence-electron chi connectivity index (χ2n) is 6.47. The first-order valence-electron chi connectivity index (χ1n) is 8.34. The quantitative estimate of drug-likeness (QED) is 0.877. The Morgan fingerprint density at radius 1 is 1.26 bits per heavy atom. The first kappa shape index (κ1) is 18.9. The van der Waals surface area contributed by atoms with E-state index in [1.165, 1.54) is 24.0 Å². The van der Waals surface area contributed by atoms with Crippen molar-refractivity contribution >= 4 is 11.9 Å². The highest BCUT2D eigenvalue weighted by molar-refractivity contribution is 6.01. The van der Waals surface area contributed by atoms with Gasteiger partial charge in [-0.3, -0.25) is 9.59 Å². The number of carbonyl (C=O) groups excluding carboxylic acids is 1. The molecule has 1 aromatic heterocycles. The molecule has 1 aliphatic heterocycles. The number of rotatable bonds is 3. The summed E-state index contributed by atoms with van der Waals surface area (Å²) < 4.78 is 43.3. The van der Waals surface area contributed by atoms with Gasteiger partial charge in [0.05, 0.1) is 11.5 Å². The minimum absolute atomic E-state index is 0.0746. The van der Waals surface area contributed by atoms with Gasteiger partial charge in [-0.05, 0) is 31.9 Å². The molecule has 144 valence electrons. The van der Waals surface area contributed by atoms with E-state index in [0.29, 0.717) is 24.9 Å². The minimum atomic E-state index is -4.46. The predicted octanol–water partition coefficient (Wildman–Crippen LogP) is 3.61. The van der Waals surface area contributed by atoms with Crippen LogP contribution in [0.15, 0.2) is 28.8 Å². The number of carboxylic acid groups (broad SMARTS) is 1. The van der Waals surface area contributed by atoms with Gasteiger partial charge in [0.15, 0.2) is 0 Å². The zero-order chi connectivity index (χ0) is 19.8. The van der Waals surface area contributed by atoms with Crippen molar-refractivity contribution in [2.24, 2.45) is 5.92 Å². The molecule has 2 aromatic rings. The molecule has 1 amide bonds. The summed E-state index contributed by atoms with van der Waals surface area (Å²) in [7, 11) is 0. The average Bonchev–Trinajstić information content (AvgIpc) is 3.02. The number of nitrogens with zero attached hydrogens (tertiary/aromatic N) is 2. The van der Waals surface area contributed by atoms with Crippen LogP contribution >= 0.6 is 0 Å². The van der Waals surface area contributed by atoms with Crippen LogP contribution in [-0.4, -0.2) is 40.1 Å². The van der Waals surface area contributed by atoms with Crippen molar-refractivity contribution < 1.29 is 32.4 Å². The lowest BCUT2D eigenvalue weighted by Crippen LogP contribution is -2.42. The van der Waals surface area contributed by atoms with Crippen LogP contribution in [0.3, 0.4) is 0 Å². The number of aliphatic carboxylic acids is 1. The van der Waals surface area contributed by atoms with Crippen LogP contribution in [0, 0.1) is 12.8 Å². The first-order chi connectivity index (χ1) is 12.7. The second-order valence-corrected chi connectivity index (χ2v) is 6.47. The molecule has 1 aromatic carbocycles. The summed E-state index contributed by atoms with van der Waals surface area (Å²) in [6.07, 6.45) is -3.41. The summed E-state index contributed by atoms with van der Waals surface area (Å²) in [6, 6.07) is 4.28. The van der Waals surface area contributed by atoms with Gasteiger partial charge >= 0.3 is 12.1 Å². The van der Waals surface area contributed by atoms with Crippen molar-refractivity contribution in [3.05, 3.63) is 41.2 Å². The summed E-state index contributed by atoms with van der Waals surface area (Å²) in [5.74, 6) is -1.81. The Hall–Kier alpha value is -2.84. The fourth-order valence-corrected chi connectivity index (χ4v) is 3.16. The molecule has 1 atom stereocenters. The number of hydrogen-bond donors (Lipinski definition) is 1. The molecule has 1 N–H and O–H groups in total. The van der Waals surface area contributed by atoms with Gasteiger partial charge < -0.3 is 14.5 Å². The Kier molecular flexibility index (Phi) is 4.95. The Balaban J connectivity index is 1.90. The molecule has 0 bridgehead atoms. The number of carbonyl (C=O) groups is 2. The van der Waals surface area contributed by atoms with E-state index < -0.39 is 29.5 Å². The Bertz CT molecular complexity index is 858. The summed E-state index contributed by atoms with van der Waals surface area (Å²) in [6.45, 7) is 2.01. The van der Waals surface area contributed by atoms with Gasteiger partial charge in [-0.2, -0.15) is 13.2 Å². The smallest absolute Gasteiger partial charge is 0.416 e. The zero-order valence-electron chi connectivity index (χ0n) is 14.4. The lowest BCUT2D eigenvalue weighted by Gasteiger charge is -2.30. The highest BCUT2D eigenvalue weighted by Crippen LogP contribution is 2.33. The van der Waals surface area contributed by atoms with E-state index in [9.17, 15) is 27.9 Å². The van der Waals surface area contributed by atoms with Gasteiger partial charge in [-0.15, -0.1) is 0 Å². The number of piperidine rings is 1. The first-order valence-corrected chi connectivity index (χ1v) is 8.34. The third kappa shape index (κ3) is 3.81. The topological polar surface area (TPSA) is 83.6 Å². The third-order valence-electron chi connectivity index (χ3n) is 4.62. The molecule has 0 aliphatic carbocycles. The van der Waals surface area contributed by atoms with E-state index in [1.54, 1.807) is 0 Å². The number of amides is 1. The van der Waals surface area contributed by atoms with Crippen molar-refractivity contribution in [1.82, 2.24) is 10.1 Å². The normalized spacial score (nSPS) is 17.8.